The molecule has 0 aliphatic carbocycles. The molecule has 1 N–H and O–H groups in total. The minimum Gasteiger partial charge on any atom is -0.495 e. The number of hydrogen-bond donors (Lipinski definition) is 1. The van der Waals surface area contributed by atoms with Crippen LogP contribution in [0, 0.1) is 13.7 Å². The van der Waals surface area contributed by atoms with E-state index in [0.717, 1.165) is 22.2 Å². The molecule has 11 nitrogen and oxygen atoms in total. The quantitative estimate of drug-likeness (QED) is 0.114. The zero-order valence-corrected chi connectivity index (χ0v) is 24.9. The van der Waals surface area contributed by atoms with E-state index in [1.54, 1.807) is 54.6 Å². The first-order valence-electron chi connectivity index (χ1n) is 12.2. The number of methoxy groups -OCH3 is 1. The Morgan fingerprint density at radius 2 is 1.83 bits per heavy atom. The van der Waals surface area contributed by atoms with Crippen LogP contribution in [0.3, 0.4) is 0 Å². The first kappa shape index (κ1) is 29.9. The number of nitro benzene ring substituents is 1. The number of hydrogen-bond acceptors (Lipinski definition) is 9. The number of non-ortho nitro benzene ring substituents is 1. The van der Waals surface area contributed by atoms with Gasteiger partial charge in [0.05, 0.1) is 32.8 Å². The number of benzene rings is 3. The molecule has 1 fully saturated rings. The van der Waals surface area contributed by atoms with Gasteiger partial charge >= 0.3 is 0 Å². The molecular formula is C28H24IN3O8S. The molecule has 1 aliphatic heterocycles. The topological polar surface area (TPSA) is 137 Å². The molecule has 3 aromatic rings. The van der Waals surface area contributed by atoms with Gasteiger partial charge in [0, 0.05) is 12.1 Å². The number of para-hydroxylation sites is 2. The van der Waals surface area contributed by atoms with E-state index < -0.39 is 28.5 Å². The fourth-order valence-corrected chi connectivity index (χ4v) is 5.43. The van der Waals surface area contributed by atoms with E-state index in [0.29, 0.717) is 38.7 Å². The largest absolute Gasteiger partial charge is 0.495 e. The zero-order valence-electron chi connectivity index (χ0n) is 21.9. The van der Waals surface area contributed by atoms with Crippen LogP contribution in [0.15, 0.2) is 65.6 Å². The summed E-state index contributed by atoms with van der Waals surface area (Å²) in [4.78, 5) is 49.7. The van der Waals surface area contributed by atoms with Crippen molar-refractivity contribution in [1.82, 2.24) is 4.90 Å². The van der Waals surface area contributed by atoms with Crippen LogP contribution in [0.5, 0.6) is 17.2 Å². The summed E-state index contributed by atoms with van der Waals surface area (Å²) < 4.78 is 17.7. The maximum Gasteiger partial charge on any atom is 0.294 e. The third-order valence-electron chi connectivity index (χ3n) is 5.72. The van der Waals surface area contributed by atoms with Crippen molar-refractivity contribution in [3.63, 3.8) is 0 Å². The number of ether oxygens (including phenoxy) is 3. The van der Waals surface area contributed by atoms with Crippen molar-refractivity contribution in [2.75, 3.05) is 25.6 Å². The van der Waals surface area contributed by atoms with Gasteiger partial charge in [-0.25, -0.2) is 0 Å². The Balaban J connectivity index is 1.48. The summed E-state index contributed by atoms with van der Waals surface area (Å²) in [5.41, 5.74) is 1.76. The zero-order chi connectivity index (χ0) is 29.5. The molecule has 0 spiro atoms. The number of rotatable bonds is 11. The maximum atomic E-state index is 13.0. The standard InChI is InChI=1S/C28H24IN3O8S/c1-3-39-23-13-18(12-20(29)26(23)40-16-17-8-10-19(11-9-17)32(36)37)14-24-27(34)31(28(35)41-24)15-25(33)30-21-6-4-5-7-22(21)38-2/h4-14H,3,15-16H2,1-2H3,(H,30,33)/b24-14+. The van der Waals surface area contributed by atoms with Crippen molar-refractivity contribution in [1.29, 1.82) is 0 Å². The van der Waals surface area contributed by atoms with Crippen molar-refractivity contribution in [2.45, 2.75) is 13.5 Å². The third kappa shape index (κ3) is 7.35. The van der Waals surface area contributed by atoms with Gasteiger partial charge in [-0.3, -0.25) is 29.4 Å². The van der Waals surface area contributed by atoms with Crippen molar-refractivity contribution in [3.8, 4) is 17.2 Å². The fourth-order valence-electron chi connectivity index (χ4n) is 3.81. The predicted octanol–water partition coefficient (Wildman–Crippen LogP) is 5.86. The molecule has 0 saturated carbocycles. The second-order valence-electron chi connectivity index (χ2n) is 8.49. The first-order chi connectivity index (χ1) is 19.7. The lowest BCUT2D eigenvalue weighted by atomic mass is 10.1. The molecule has 0 radical (unpaired) electrons. The average Bonchev–Trinajstić information content (AvgIpc) is 3.20. The molecule has 1 saturated heterocycles. The molecular weight excluding hydrogens is 665 g/mol. The number of imide groups is 1. The first-order valence-corrected chi connectivity index (χ1v) is 14.1. The highest BCUT2D eigenvalue weighted by atomic mass is 127. The highest BCUT2D eigenvalue weighted by Crippen LogP contribution is 2.38. The lowest BCUT2D eigenvalue weighted by Crippen LogP contribution is -2.36. The monoisotopic (exact) mass is 689 g/mol. The van der Waals surface area contributed by atoms with Crippen LogP contribution in [0.2, 0.25) is 0 Å². The molecule has 3 amide bonds. The van der Waals surface area contributed by atoms with Crippen LogP contribution in [-0.2, 0) is 16.2 Å². The number of carbonyl (C=O) groups is 3. The lowest BCUT2D eigenvalue weighted by Gasteiger charge is -2.15. The number of amides is 3. The van der Waals surface area contributed by atoms with E-state index in [4.69, 9.17) is 14.2 Å². The predicted molar refractivity (Wildman–Crippen MR) is 162 cm³/mol. The number of nitro groups is 1. The molecule has 3 aromatic carbocycles. The Morgan fingerprint density at radius 1 is 1.10 bits per heavy atom. The van der Waals surface area contributed by atoms with Crippen molar-refractivity contribution < 1.29 is 33.5 Å². The van der Waals surface area contributed by atoms with Gasteiger partial charge in [-0.1, -0.05) is 12.1 Å². The van der Waals surface area contributed by atoms with Crippen LogP contribution in [0.4, 0.5) is 16.2 Å². The second kappa shape index (κ2) is 13.5. The van der Waals surface area contributed by atoms with Crippen LogP contribution in [0.1, 0.15) is 18.1 Å². The van der Waals surface area contributed by atoms with Crippen molar-refractivity contribution in [3.05, 3.63) is 90.4 Å². The molecule has 4 rings (SSSR count). The molecule has 41 heavy (non-hydrogen) atoms. The summed E-state index contributed by atoms with van der Waals surface area (Å²) in [7, 11) is 1.47. The van der Waals surface area contributed by atoms with Crippen LogP contribution in [0.25, 0.3) is 6.08 Å². The maximum absolute atomic E-state index is 13.0. The van der Waals surface area contributed by atoms with Crippen molar-refractivity contribution in [2.24, 2.45) is 0 Å². The Morgan fingerprint density at radius 3 is 2.51 bits per heavy atom. The summed E-state index contributed by atoms with van der Waals surface area (Å²) in [6.45, 7) is 1.88. The molecule has 1 heterocycles. The third-order valence-corrected chi connectivity index (χ3v) is 7.42. The Kier molecular flexibility index (Phi) is 9.83. The Hall–Kier alpha value is -4.11. The van der Waals surface area contributed by atoms with Crippen LogP contribution in [-0.4, -0.2) is 47.1 Å². The van der Waals surface area contributed by atoms with E-state index in [2.05, 4.69) is 27.9 Å². The summed E-state index contributed by atoms with van der Waals surface area (Å²) in [5.74, 6) is 0.240. The van der Waals surface area contributed by atoms with Gasteiger partial charge in [-0.2, -0.15) is 0 Å². The van der Waals surface area contributed by atoms with E-state index >= 15 is 0 Å². The molecule has 1 aliphatic rings. The normalized spacial score (nSPS) is 13.8. The number of anilines is 1. The average molecular weight is 689 g/mol. The number of nitrogens with one attached hydrogen (secondary N) is 1. The van der Waals surface area contributed by atoms with Crippen LogP contribution < -0.4 is 19.5 Å². The number of carbonyl (C=O) groups excluding carboxylic acids is 3. The van der Waals surface area contributed by atoms with Gasteiger partial charge < -0.3 is 19.5 Å². The summed E-state index contributed by atoms with van der Waals surface area (Å²) in [5, 5.41) is 13.0. The lowest BCUT2D eigenvalue weighted by molar-refractivity contribution is -0.384. The van der Waals surface area contributed by atoms with Crippen LogP contribution >= 0.6 is 34.4 Å². The van der Waals surface area contributed by atoms with E-state index in [1.807, 2.05) is 6.92 Å². The van der Waals surface area contributed by atoms with E-state index in [1.165, 1.54) is 19.2 Å². The highest BCUT2D eigenvalue weighted by Gasteiger charge is 2.36. The summed E-state index contributed by atoms with van der Waals surface area (Å²) in [6, 6.07) is 16.3. The number of thioether (sulfide) groups is 1. The second-order valence-corrected chi connectivity index (χ2v) is 10.6. The van der Waals surface area contributed by atoms with Crippen molar-refractivity contribution >= 4 is 68.9 Å². The molecule has 0 aromatic heterocycles. The fraction of sp³-hybridized carbons (Fsp3) is 0.179. The van der Waals surface area contributed by atoms with E-state index in [9.17, 15) is 24.5 Å². The number of nitrogens with zero attached hydrogens (tertiary/aromatic N) is 2. The minimum absolute atomic E-state index is 0.0100. The summed E-state index contributed by atoms with van der Waals surface area (Å²) >= 11 is 2.83. The van der Waals surface area contributed by atoms with E-state index in [-0.39, 0.29) is 17.2 Å². The molecule has 0 atom stereocenters. The SMILES string of the molecule is CCOc1cc(/C=C2/SC(=O)N(CC(=O)Nc3ccccc3OC)C2=O)cc(I)c1OCc1ccc([N+](=O)[O-])cc1. The van der Waals surface area contributed by atoms with Gasteiger partial charge in [0.15, 0.2) is 11.5 Å². The Labute approximate surface area is 253 Å². The van der Waals surface area contributed by atoms with Gasteiger partial charge in [-0.15, -0.1) is 0 Å². The Bertz CT molecular complexity index is 1530. The molecule has 212 valence electrons. The minimum atomic E-state index is -0.582. The van der Waals surface area contributed by atoms with Gasteiger partial charge in [0.2, 0.25) is 5.91 Å². The van der Waals surface area contributed by atoms with Gasteiger partial charge in [0.25, 0.3) is 16.8 Å². The summed E-state index contributed by atoms with van der Waals surface area (Å²) in [6.07, 6.45) is 1.56. The number of halogens is 1. The smallest absolute Gasteiger partial charge is 0.294 e. The molecule has 13 heteroatoms. The van der Waals surface area contributed by atoms with Gasteiger partial charge in [0.1, 0.15) is 18.9 Å². The molecule has 0 unspecified atom stereocenters. The van der Waals surface area contributed by atoms with Gasteiger partial charge in [-0.05, 0) is 94.9 Å². The highest BCUT2D eigenvalue weighted by molar-refractivity contribution is 14.1. The molecule has 0 bridgehead atoms.